The lowest BCUT2D eigenvalue weighted by molar-refractivity contribution is 0.200. The Bertz CT molecular complexity index is 884. The molecule has 0 bridgehead atoms. The molecule has 2 heterocycles. The van der Waals surface area contributed by atoms with Crippen LogP contribution in [0.2, 0.25) is 0 Å². The van der Waals surface area contributed by atoms with Crippen molar-refractivity contribution in [2.45, 2.75) is 58.1 Å². The normalized spacial score (nSPS) is 15.0. The summed E-state index contributed by atoms with van der Waals surface area (Å²) in [5, 5.41) is 0. The minimum atomic E-state index is 0.270. The quantitative estimate of drug-likeness (QED) is 0.659. The molecular formula is C21H25N4O2. The highest BCUT2D eigenvalue weighted by molar-refractivity contribution is 5.50. The molecule has 27 heavy (non-hydrogen) atoms. The minimum absolute atomic E-state index is 0.270. The Morgan fingerprint density at radius 1 is 1.19 bits per heavy atom. The van der Waals surface area contributed by atoms with Crippen molar-refractivity contribution in [2.75, 3.05) is 7.11 Å². The number of aromatic nitrogens is 4. The maximum absolute atomic E-state index is 6.21. The molecule has 1 fully saturated rings. The molecule has 1 aliphatic carbocycles. The van der Waals surface area contributed by atoms with E-state index in [2.05, 4.69) is 47.1 Å². The van der Waals surface area contributed by atoms with E-state index in [1.807, 2.05) is 10.6 Å². The van der Waals surface area contributed by atoms with E-state index in [-0.39, 0.29) is 12.0 Å². The fourth-order valence-corrected chi connectivity index (χ4v) is 3.51. The third-order valence-corrected chi connectivity index (χ3v) is 4.99. The van der Waals surface area contributed by atoms with Gasteiger partial charge in [-0.1, -0.05) is 19.9 Å². The lowest BCUT2D eigenvalue weighted by Gasteiger charge is -2.17. The summed E-state index contributed by atoms with van der Waals surface area (Å²) in [7, 11) is 1.68. The van der Waals surface area contributed by atoms with Crippen molar-refractivity contribution >= 4 is 0 Å². The number of benzene rings is 1. The van der Waals surface area contributed by atoms with Gasteiger partial charge >= 0.3 is 0 Å². The second-order valence-electron chi connectivity index (χ2n) is 7.40. The van der Waals surface area contributed by atoms with Gasteiger partial charge in [0.15, 0.2) is 17.3 Å². The van der Waals surface area contributed by atoms with E-state index in [1.165, 1.54) is 12.8 Å². The van der Waals surface area contributed by atoms with E-state index in [0.29, 0.717) is 12.2 Å². The SMILES string of the molecule is COc1ccc(Cn2cn[c]c3nc(C(C)C)nc2-3)cc1OC1CCCC1. The summed E-state index contributed by atoms with van der Waals surface area (Å²) in [6.07, 6.45) is 9.68. The number of nitrogens with zero attached hydrogens (tertiary/aromatic N) is 4. The zero-order valence-electron chi connectivity index (χ0n) is 16.1. The predicted octanol–water partition coefficient (Wildman–Crippen LogP) is 4.08. The van der Waals surface area contributed by atoms with Crippen LogP contribution < -0.4 is 9.47 Å². The summed E-state index contributed by atoms with van der Waals surface area (Å²) in [6, 6.07) is 6.08. The van der Waals surface area contributed by atoms with Gasteiger partial charge in [0, 0.05) is 5.92 Å². The van der Waals surface area contributed by atoms with Crippen LogP contribution in [-0.2, 0) is 6.54 Å². The predicted molar refractivity (Wildman–Crippen MR) is 102 cm³/mol. The first-order valence-electron chi connectivity index (χ1n) is 9.58. The Hall–Kier alpha value is -2.63. The van der Waals surface area contributed by atoms with Gasteiger partial charge in [-0.25, -0.2) is 15.0 Å². The number of hydrogen-bond acceptors (Lipinski definition) is 5. The van der Waals surface area contributed by atoms with Crippen molar-refractivity contribution in [3.63, 3.8) is 0 Å². The molecule has 0 saturated heterocycles. The van der Waals surface area contributed by atoms with E-state index >= 15 is 0 Å². The molecule has 0 N–H and O–H groups in total. The number of imidazole rings is 1. The van der Waals surface area contributed by atoms with Crippen molar-refractivity contribution in [3.8, 4) is 23.0 Å². The molecule has 0 spiro atoms. The molecule has 6 nitrogen and oxygen atoms in total. The van der Waals surface area contributed by atoms with Crippen molar-refractivity contribution in [1.82, 2.24) is 19.5 Å². The maximum Gasteiger partial charge on any atom is 0.164 e. The van der Waals surface area contributed by atoms with Crippen LogP contribution >= 0.6 is 0 Å². The van der Waals surface area contributed by atoms with Crippen LogP contribution in [0.15, 0.2) is 24.5 Å². The van der Waals surface area contributed by atoms with E-state index in [4.69, 9.17) is 9.47 Å². The van der Waals surface area contributed by atoms with Gasteiger partial charge in [-0.05, 0) is 43.4 Å². The molecule has 1 aromatic rings. The molecule has 0 amide bonds. The van der Waals surface area contributed by atoms with Gasteiger partial charge < -0.3 is 14.0 Å². The molecule has 3 aliphatic rings. The van der Waals surface area contributed by atoms with Gasteiger partial charge in [-0.15, -0.1) is 0 Å². The number of methoxy groups -OCH3 is 1. The van der Waals surface area contributed by atoms with Crippen molar-refractivity contribution in [1.29, 1.82) is 0 Å². The Morgan fingerprint density at radius 3 is 2.74 bits per heavy atom. The third kappa shape index (κ3) is 3.75. The molecule has 1 radical (unpaired) electrons. The highest BCUT2D eigenvalue weighted by Crippen LogP contribution is 2.33. The van der Waals surface area contributed by atoms with Gasteiger partial charge in [0.2, 0.25) is 0 Å². The van der Waals surface area contributed by atoms with Gasteiger partial charge in [-0.2, -0.15) is 0 Å². The molecule has 2 aliphatic heterocycles. The van der Waals surface area contributed by atoms with Crippen LogP contribution in [0.4, 0.5) is 0 Å². The van der Waals surface area contributed by atoms with E-state index in [9.17, 15) is 0 Å². The smallest absolute Gasteiger partial charge is 0.164 e. The number of hydrogen-bond donors (Lipinski definition) is 0. The van der Waals surface area contributed by atoms with Crippen LogP contribution in [0, 0.1) is 6.20 Å². The van der Waals surface area contributed by atoms with Gasteiger partial charge in [0.25, 0.3) is 0 Å². The summed E-state index contributed by atoms with van der Waals surface area (Å²) in [5.41, 5.74) is 1.81. The number of fused-ring (bicyclic) bond motifs is 1. The summed E-state index contributed by atoms with van der Waals surface area (Å²) >= 11 is 0. The lowest BCUT2D eigenvalue weighted by Crippen LogP contribution is -2.12. The lowest BCUT2D eigenvalue weighted by atomic mass is 10.2. The topological polar surface area (TPSA) is 62.1 Å². The first kappa shape index (κ1) is 17.8. The van der Waals surface area contributed by atoms with Gasteiger partial charge in [0.05, 0.1) is 26.1 Å². The summed E-state index contributed by atoms with van der Waals surface area (Å²) in [5.74, 6) is 3.48. The molecular weight excluding hydrogens is 340 g/mol. The fourth-order valence-electron chi connectivity index (χ4n) is 3.51. The highest BCUT2D eigenvalue weighted by atomic mass is 16.5. The fraction of sp³-hybridized carbons (Fsp3) is 0.476. The largest absolute Gasteiger partial charge is 0.493 e. The van der Waals surface area contributed by atoms with Crippen LogP contribution in [-0.4, -0.2) is 32.7 Å². The Labute approximate surface area is 159 Å². The Kier molecular flexibility index (Phi) is 4.97. The molecule has 6 heteroatoms. The molecule has 0 aromatic heterocycles. The Morgan fingerprint density at radius 2 is 2.00 bits per heavy atom. The number of ether oxygens (including phenoxy) is 2. The molecule has 4 rings (SSSR count). The number of rotatable bonds is 6. The van der Waals surface area contributed by atoms with E-state index in [1.54, 1.807) is 13.4 Å². The zero-order valence-corrected chi connectivity index (χ0v) is 16.1. The molecule has 1 saturated carbocycles. The summed E-state index contributed by atoms with van der Waals surface area (Å²) in [4.78, 5) is 13.4. The van der Waals surface area contributed by atoms with Crippen LogP contribution in [0.1, 0.15) is 56.8 Å². The van der Waals surface area contributed by atoms with Gasteiger partial charge in [0.1, 0.15) is 17.7 Å². The van der Waals surface area contributed by atoms with Crippen molar-refractivity contribution in [3.05, 3.63) is 42.1 Å². The second kappa shape index (κ2) is 7.55. The molecule has 0 unspecified atom stereocenters. The van der Waals surface area contributed by atoms with E-state index < -0.39 is 0 Å². The van der Waals surface area contributed by atoms with Crippen LogP contribution in [0.3, 0.4) is 0 Å². The summed E-state index contributed by atoms with van der Waals surface area (Å²) in [6.45, 7) is 4.81. The molecule has 0 atom stereocenters. The van der Waals surface area contributed by atoms with Crippen LogP contribution in [0.25, 0.3) is 11.5 Å². The highest BCUT2D eigenvalue weighted by Gasteiger charge is 2.20. The molecule has 1 aromatic carbocycles. The monoisotopic (exact) mass is 365 g/mol. The standard InChI is InChI=1S/C21H25N4O2/c1-14(2)20-23-17-11-22-13-25(21(17)24-20)12-15-8-9-18(26-3)19(10-15)27-16-6-4-5-7-16/h8-10,13-14,16H,4-7,12H2,1-3H3. The maximum atomic E-state index is 6.21. The molecule has 141 valence electrons. The second-order valence-corrected chi connectivity index (χ2v) is 7.40. The van der Waals surface area contributed by atoms with Crippen molar-refractivity contribution in [2.24, 2.45) is 0 Å². The Balaban J connectivity index is 1.61. The first-order valence-corrected chi connectivity index (χ1v) is 9.58. The van der Waals surface area contributed by atoms with E-state index in [0.717, 1.165) is 41.6 Å². The third-order valence-electron chi connectivity index (χ3n) is 4.99. The first-order chi connectivity index (χ1) is 13.1. The van der Waals surface area contributed by atoms with Crippen molar-refractivity contribution < 1.29 is 9.47 Å². The summed E-state index contributed by atoms with van der Waals surface area (Å²) < 4.78 is 13.7. The van der Waals surface area contributed by atoms with Gasteiger partial charge in [-0.3, -0.25) is 0 Å². The zero-order chi connectivity index (χ0) is 18.8. The van der Waals surface area contributed by atoms with Crippen LogP contribution in [0.5, 0.6) is 11.5 Å². The average Bonchev–Trinajstić information content (AvgIpc) is 3.32. The minimum Gasteiger partial charge on any atom is -0.493 e. The average molecular weight is 365 g/mol.